The number of carboxylic acid groups (broad SMARTS) is 1. The monoisotopic (exact) mass is 266 g/mol. The van der Waals surface area contributed by atoms with Crippen LogP contribution in [0, 0.1) is 11.7 Å². The molecule has 0 atom stereocenters. The van der Waals surface area contributed by atoms with E-state index in [1.165, 1.54) is 31.7 Å². The molecule has 0 aromatic heterocycles. The molecule has 1 N–H and O–H groups in total. The Morgan fingerprint density at radius 2 is 2.05 bits per heavy atom. The highest BCUT2D eigenvalue weighted by molar-refractivity contribution is 5.87. The van der Waals surface area contributed by atoms with Crippen molar-refractivity contribution in [3.8, 4) is 0 Å². The summed E-state index contributed by atoms with van der Waals surface area (Å²) >= 11 is 0. The van der Waals surface area contributed by atoms with Crippen molar-refractivity contribution in [2.24, 2.45) is 5.92 Å². The second-order valence-corrected chi connectivity index (χ2v) is 5.55. The van der Waals surface area contributed by atoms with Gasteiger partial charge in [-0.05, 0) is 55.2 Å². The van der Waals surface area contributed by atoms with Crippen LogP contribution in [0.1, 0.15) is 68.7 Å². The van der Waals surface area contributed by atoms with E-state index in [1.54, 1.807) is 6.07 Å². The van der Waals surface area contributed by atoms with E-state index in [0.29, 0.717) is 5.56 Å². The van der Waals surface area contributed by atoms with Gasteiger partial charge in [0, 0.05) is 1.43 Å². The van der Waals surface area contributed by atoms with Gasteiger partial charge >= 0.3 is 5.97 Å². The summed E-state index contributed by atoms with van der Waals surface area (Å²) in [6.45, 7) is 2.20. The molecule has 1 saturated carbocycles. The average Bonchev–Trinajstić information content (AvgIpc) is 2.40. The highest BCUT2D eigenvalue weighted by Crippen LogP contribution is 2.38. The number of carboxylic acids is 1. The normalized spacial score (nSPS) is 23.3. The smallest absolute Gasteiger partial charge is 0.335 e. The van der Waals surface area contributed by atoms with Crippen molar-refractivity contribution in [2.45, 2.75) is 51.4 Å². The maximum atomic E-state index is 14.0. The number of hydrogen-bond acceptors (Lipinski definition) is 1. The van der Waals surface area contributed by atoms with Gasteiger partial charge in [0.05, 0.1) is 5.56 Å². The molecule has 106 valence electrons. The van der Waals surface area contributed by atoms with Gasteiger partial charge in [-0.15, -0.1) is 0 Å². The van der Waals surface area contributed by atoms with Gasteiger partial charge in [-0.2, -0.15) is 0 Å². The summed E-state index contributed by atoms with van der Waals surface area (Å²) in [6, 6.07) is 4.32. The minimum Gasteiger partial charge on any atom is -0.478 e. The Kier molecular flexibility index (Phi) is 4.56. The Labute approximate surface area is 115 Å². The molecule has 1 aliphatic rings. The third kappa shape index (κ3) is 3.34. The molecule has 0 heterocycles. The Balaban J connectivity index is 0.00000200. The molecule has 0 amide bonds. The maximum Gasteiger partial charge on any atom is 0.335 e. The van der Waals surface area contributed by atoms with E-state index in [-0.39, 0.29) is 18.7 Å². The number of aromatic carboxylic acids is 1. The van der Waals surface area contributed by atoms with Crippen LogP contribution in [-0.4, -0.2) is 11.1 Å². The first kappa shape index (κ1) is 14.0. The van der Waals surface area contributed by atoms with Crippen molar-refractivity contribution < 1.29 is 15.7 Å². The van der Waals surface area contributed by atoms with Gasteiger partial charge in [-0.25, -0.2) is 9.18 Å². The number of halogens is 1. The lowest BCUT2D eigenvalue weighted by molar-refractivity contribution is 0.0696. The van der Waals surface area contributed by atoms with E-state index in [1.807, 2.05) is 0 Å². The van der Waals surface area contributed by atoms with Gasteiger partial charge in [-0.1, -0.05) is 25.8 Å². The second kappa shape index (κ2) is 6.18. The number of rotatable bonds is 4. The number of hydrogen-bond donors (Lipinski definition) is 1. The summed E-state index contributed by atoms with van der Waals surface area (Å²) in [6.07, 6.45) is 6.86. The second-order valence-electron chi connectivity index (χ2n) is 5.55. The molecule has 2 nitrogen and oxygen atoms in total. The summed E-state index contributed by atoms with van der Waals surface area (Å²) in [4.78, 5) is 10.8. The van der Waals surface area contributed by atoms with E-state index in [9.17, 15) is 9.18 Å². The third-order valence-electron chi connectivity index (χ3n) is 4.23. The standard InChI is InChI=1S/C16H21FO2.H2/c1-2-3-11-4-6-12(7-5-11)14-9-8-13(16(18)19)10-15(14)17;/h8-12H,2-7H2,1H3,(H,18,19);1H. The Bertz CT molecular complexity index is 454. The molecule has 1 fully saturated rings. The molecule has 0 saturated heterocycles. The summed E-state index contributed by atoms with van der Waals surface area (Å²) in [7, 11) is 0. The molecule has 0 radical (unpaired) electrons. The lowest BCUT2D eigenvalue weighted by atomic mass is 9.77. The molecule has 0 aliphatic heterocycles. The molecule has 3 heteroatoms. The minimum atomic E-state index is -1.07. The Morgan fingerprint density at radius 1 is 1.37 bits per heavy atom. The lowest BCUT2D eigenvalue weighted by Crippen LogP contribution is -2.14. The molecule has 0 spiro atoms. The molecule has 2 rings (SSSR count). The van der Waals surface area contributed by atoms with Crippen molar-refractivity contribution in [1.82, 2.24) is 0 Å². The fourth-order valence-corrected chi connectivity index (χ4v) is 3.16. The van der Waals surface area contributed by atoms with Gasteiger partial charge in [0.15, 0.2) is 0 Å². The Morgan fingerprint density at radius 3 is 2.58 bits per heavy atom. The topological polar surface area (TPSA) is 37.3 Å². The van der Waals surface area contributed by atoms with Crippen LogP contribution in [0.15, 0.2) is 18.2 Å². The molecule has 0 bridgehead atoms. The largest absolute Gasteiger partial charge is 0.478 e. The first-order valence-electron chi connectivity index (χ1n) is 7.14. The predicted octanol–water partition coefficient (Wildman–Crippen LogP) is 4.84. The average molecular weight is 266 g/mol. The first-order valence-corrected chi connectivity index (χ1v) is 7.14. The first-order chi connectivity index (χ1) is 9.11. The zero-order valence-electron chi connectivity index (χ0n) is 11.4. The molecule has 0 unspecified atom stereocenters. The van der Waals surface area contributed by atoms with Gasteiger partial charge in [0.25, 0.3) is 0 Å². The summed E-state index contributed by atoms with van der Waals surface area (Å²) in [5, 5.41) is 8.84. The van der Waals surface area contributed by atoms with Crippen LogP contribution in [0.3, 0.4) is 0 Å². The van der Waals surface area contributed by atoms with Crippen LogP contribution in [0.4, 0.5) is 4.39 Å². The van der Waals surface area contributed by atoms with E-state index in [0.717, 1.165) is 24.8 Å². The van der Waals surface area contributed by atoms with Crippen molar-refractivity contribution in [3.63, 3.8) is 0 Å². The molecule has 1 aliphatic carbocycles. The fraction of sp³-hybridized carbons (Fsp3) is 0.562. The van der Waals surface area contributed by atoms with Crippen LogP contribution in [-0.2, 0) is 0 Å². The van der Waals surface area contributed by atoms with E-state index in [2.05, 4.69) is 6.92 Å². The van der Waals surface area contributed by atoms with Crippen molar-refractivity contribution >= 4 is 5.97 Å². The molecular formula is C16H23FO2. The minimum absolute atomic E-state index is 0. The van der Waals surface area contributed by atoms with Gasteiger partial charge in [-0.3, -0.25) is 0 Å². The molecular weight excluding hydrogens is 243 g/mol. The highest BCUT2D eigenvalue weighted by Gasteiger charge is 2.24. The predicted molar refractivity (Wildman–Crippen MR) is 75.1 cm³/mol. The van der Waals surface area contributed by atoms with Crippen LogP contribution < -0.4 is 0 Å². The maximum absolute atomic E-state index is 14.0. The summed E-state index contributed by atoms with van der Waals surface area (Å²) in [5.41, 5.74) is 0.723. The van der Waals surface area contributed by atoms with E-state index < -0.39 is 5.97 Å². The van der Waals surface area contributed by atoms with Gasteiger partial charge < -0.3 is 5.11 Å². The SMILES string of the molecule is CCCC1CCC(c2ccc(C(=O)O)cc2F)CC1.[HH]. The van der Waals surface area contributed by atoms with E-state index >= 15 is 0 Å². The Hall–Kier alpha value is -1.38. The van der Waals surface area contributed by atoms with Crippen LogP contribution >= 0.6 is 0 Å². The molecule has 19 heavy (non-hydrogen) atoms. The quantitative estimate of drug-likeness (QED) is 0.846. The van der Waals surface area contributed by atoms with Crippen molar-refractivity contribution in [1.29, 1.82) is 0 Å². The summed E-state index contributed by atoms with van der Waals surface area (Å²) in [5.74, 6) is -0.380. The van der Waals surface area contributed by atoms with E-state index in [4.69, 9.17) is 5.11 Å². The molecule has 1 aromatic carbocycles. The fourth-order valence-electron chi connectivity index (χ4n) is 3.16. The number of benzene rings is 1. The summed E-state index contributed by atoms with van der Waals surface area (Å²) < 4.78 is 14.0. The van der Waals surface area contributed by atoms with Crippen molar-refractivity contribution in [3.05, 3.63) is 35.1 Å². The van der Waals surface area contributed by atoms with Crippen LogP contribution in [0.5, 0.6) is 0 Å². The van der Waals surface area contributed by atoms with Crippen LogP contribution in [0.2, 0.25) is 0 Å². The zero-order chi connectivity index (χ0) is 13.8. The van der Waals surface area contributed by atoms with Crippen molar-refractivity contribution in [2.75, 3.05) is 0 Å². The van der Waals surface area contributed by atoms with Gasteiger partial charge in [0.1, 0.15) is 5.82 Å². The van der Waals surface area contributed by atoms with Gasteiger partial charge in [0.2, 0.25) is 0 Å². The van der Waals surface area contributed by atoms with Crippen LogP contribution in [0.25, 0.3) is 0 Å². The third-order valence-corrected chi connectivity index (χ3v) is 4.23. The zero-order valence-corrected chi connectivity index (χ0v) is 11.4. The molecule has 1 aromatic rings. The lowest BCUT2D eigenvalue weighted by Gasteiger charge is -2.28. The number of carbonyl (C=O) groups is 1. The highest BCUT2D eigenvalue weighted by atomic mass is 19.1.